The first kappa shape index (κ1) is 10.7. The molecule has 0 unspecified atom stereocenters. The zero-order chi connectivity index (χ0) is 9.78. The highest BCUT2D eigenvalue weighted by Gasteiger charge is 2.13. The molecule has 0 radical (unpaired) electrons. The normalized spacial score (nSPS) is 11.6. The van der Waals surface area contributed by atoms with Crippen molar-refractivity contribution >= 4 is 11.9 Å². The zero-order valence-corrected chi connectivity index (χ0v) is 7.46. The van der Waals surface area contributed by atoms with Gasteiger partial charge < -0.3 is 10.5 Å². The Balaban J connectivity index is 3.99. The lowest BCUT2D eigenvalue weighted by Gasteiger charge is -2.17. The molecule has 0 saturated carbocycles. The molecule has 0 aromatic carbocycles. The van der Waals surface area contributed by atoms with Gasteiger partial charge in [-0.25, -0.2) is 4.79 Å². The SMILES string of the molecule is CC(C)(C)OC(=O)C=CC(N)=O. The van der Waals surface area contributed by atoms with Crippen LogP contribution in [0.5, 0.6) is 0 Å². The third kappa shape index (κ3) is 6.80. The van der Waals surface area contributed by atoms with E-state index in [4.69, 9.17) is 10.5 Å². The summed E-state index contributed by atoms with van der Waals surface area (Å²) in [5, 5.41) is 0. The molecule has 0 bridgehead atoms. The summed E-state index contributed by atoms with van der Waals surface area (Å²) < 4.78 is 4.85. The van der Waals surface area contributed by atoms with Crippen LogP contribution in [0.1, 0.15) is 20.8 Å². The number of nitrogens with two attached hydrogens (primary N) is 1. The van der Waals surface area contributed by atoms with Crippen molar-refractivity contribution in [2.75, 3.05) is 0 Å². The molecule has 0 saturated heterocycles. The molecule has 68 valence electrons. The van der Waals surface area contributed by atoms with Gasteiger partial charge in [0.1, 0.15) is 5.60 Å². The minimum absolute atomic E-state index is 0.543. The Hall–Kier alpha value is -1.32. The Bertz CT molecular complexity index is 213. The third-order valence-electron chi connectivity index (χ3n) is 0.790. The van der Waals surface area contributed by atoms with Crippen LogP contribution in [0.4, 0.5) is 0 Å². The van der Waals surface area contributed by atoms with Crippen LogP contribution in [0.25, 0.3) is 0 Å². The quantitative estimate of drug-likeness (QED) is 0.482. The highest BCUT2D eigenvalue weighted by Crippen LogP contribution is 2.06. The van der Waals surface area contributed by atoms with Gasteiger partial charge in [0.2, 0.25) is 5.91 Å². The van der Waals surface area contributed by atoms with Crippen molar-refractivity contribution in [3.63, 3.8) is 0 Å². The summed E-state index contributed by atoms with van der Waals surface area (Å²) in [6.45, 7) is 5.22. The first-order valence-corrected chi connectivity index (χ1v) is 3.52. The zero-order valence-electron chi connectivity index (χ0n) is 7.46. The van der Waals surface area contributed by atoms with Crippen LogP contribution in [0.15, 0.2) is 12.2 Å². The van der Waals surface area contributed by atoms with Gasteiger partial charge in [-0.05, 0) is 20.8 Å². The van der Waals surface area contributed by atoms with E-state index < -0.39 is 17.5 Å². The standard InChI is InChI=1S/C8H13NO3/c1-8(2,3)12-7(11)5-4-6(9)10/h4-5H,1-3H3,(H2,9,10). The summed E-state index contributed by atoms with van der Waals surface area (Å²) in [6, 6.07) is 0. The summed E-state index contributed by atoms with van der Waals surface area (Å²) in [5.41, 5.74) is 4.23. The van der Waals surface area contributed by atoms with Gasteiger partial charge in [-0.15, -0.1) is 0 Å². The lowest BCUT2D eigenvalue weighted by atomic mass is 10.2. The lowest BCUT2D eigenvalue weighted by Crippen LogP contribution is -2.22. The number of esters is 1. The molecule has 0 aromatic rings. The van der Waals surface area contributed by atoms with Crippen molar-refractivity contribution in [2.24, 2.45) is 5.73 Å². The molecule has 0 aliphatic rings. The van der Waals surface area contributed by atoms with E-state index in [2.05, 4.69) is 0 Å². The topological polar surface area (TPSA) is 69.4 Å². The molecule has 0 spiro atoms. The number of ether oxygens (including phenoxy) is 1. The van der Waals surface area contributed by atoms with Crippen molar-refractivity contribution in [1.29, 1.82) is 0 Å². The molecule has 0 atom stereocenters. The summed E-state index contributed by atoms with van der Waals surface area (Å²) in [7, 11) is 0. The van der Waals surface area contributed by atoms with Crippen molar-refractivity contribution < 1.29 is 14.3 Å². The van der Waals surface area contributed by atoms with E-state index in [9.17, 15) is 9.59 Å². The Morgan fingerprint density at radius 2 is 1.75 bits per heavy atom. The maximum Gasteiger partial charge on any atom is 0.331 e. The third-order valence-corrected chi connectivity index (χ3v) is 0.790. The largest absolute Gasteiger partial charge is 0.457 e. The number of carbonyl (C=O) groups excluding carboxylic acids is 2. The second kappa shape index (κ2) is 3.90. The second-order valence-electron chi connectivity index (χ2n) is 3.27. The maximum atomic E-state index is 10.8. The van der Waals surface area contributed by atoms with Crippen molar-refractivity contribution in [1.82, 2.24) is 0 Å². The van der Waals surface area contributed by atoms with Crippen molar-refractivity contribution in [2.45, 2.75) is 26.4 Å². The molecular formula is C8H13NO3. The van der Waals surface area contributed by atoms with E-state index in [0.717, 1.165) is 12.2 Å². The molecule has 4 heteroatoms. The van der Waals surface area contributed by atoms with Gasteiger partial charge in [-0.2, -0.15) is 0 Å². The smallest absolute Gasteiger partial charge is 0.331 e. The van der Waals surface area contributed by atoms with E-state index in [1.54, 1.807) is 20.8 Å². The number of carbonyl (C=O) groups is 2. The molecule has 0 fully saturated rings. The van der Waals surface area contributed by atoms with Crippen LogP contribution in [-0.2, 0) is 14.3 Å². The van der Waals surface area contributed by atoms with Crippen LogP contribution in [0.2, 0.25) is 0 Å². The summed E-state index contributed by atoms with van der Waals surface area (Å²) in [5.74, 6) is -1.23. The molecule has 0 rings (SSSR count). The summed E-state index contributed by atoms with van der Waals surface area (Å²) in [6.07, 6.45) is 1.97. The first-order chi connectivity index (χ1) is 5.31. The van der Waals surface area contributed by atoms with E-state index in [-0.39, 0.29) is 0 Å². The van der Waals surface area contributed by atoms with Crippen molar-refractivity contribution in [3.05, 3.63) is 12.2 Å². The number of hydrogen-bond acceptors (Lipinski definition) is 3. The molecule has 0 aliphatic heterocycles. The Labute approximate surface area is 71.4 Å². The Kier molecular flexibility index (Phi) is 3.47. The van der Waals surface area contributed by atoms with Gasteiger partial charge in [0.25, 0.3) is 0 Å². The number of amides is 1. The Morgan fingerprint density at radius 3 is 2.08 bits per heavy atom. The second-order valence-corrected chi connectivity index (χ2v) is 3.27. The average molecular weight is 171 g/mol. The van der Waals surface area contributed by atoms with E-state index in [1.165, 1.54) is 0 Å². The van der Waals surface area contributed by atoms with E-state index in [1.807, 2.05) is 0 Å². The molecule has 4 nitrogen and oxygen atoms in total. The van der Waals surface area contributed by atoms with Gasteiger partial charge in [0.05, 0.1) is 0 Å². The van der Waals surface area contributed by atoms with Crippen LogP contribution in [0.3, 0.4) is 0 Å². The van der Waals surface area contributed by atoms with Gasteiger partial charge in [0.15, 0.2) is 0 Å². The van der Waals surface area contributed by atoms with Gasteiger partial charge >= 0.3 is 5.97 Å². The molecule has 12 heavy (non-hydrogen) atoms. The average Bonchev–Trinajstić information content (AvgIpc) is 1.79. The fourth-order valence-corrected chi connectivity index (χ4v) is 0.486. The molecule has 0 aromatic heterocycles. The van der Waals surface area contributed by atoms with Crippen molar-refractivity contribution in [3.8, 4) is 0 Å². The maximum absolute atomic E-state index is 10.8. The van der Waals surface area contributed by atoms with Gasteiger partial charge in [0, 0.05) is 12.2 Å². The predicted octanol–water partition coefficient (Wildman–Crippen LogP) is 0.370. The van der Waals surface area contributed by atoms with Gasteiger partial charge in [-0.1, -0.05) is 0 Å². The molecule has 0 aliphatic carbocycles. The van der Waals surface area contributed by atoms with Crippen LogP contribution in [0, 0.1) is 0 Å². The molecular weight excluding hydrogens is 158 g/mol. The van der Waals surface area contributed by atoms with E-state index >= 15 is 0 Å². The molecule has 1 amide bonds. The lowest BCUT2D eigenvalue weighted by molar-refractivity contribution is -0.148. The van der Waals surface area contributed by atoms with Crippen LogP contribution in [-0.4, -0.2) is 17.5 Å². The number of rotatable bonds is 2. The minimum Gasteiger partial charge on any atom is -0.457 e. The number of primary amides is 1. The first-order valence-electron chi connectivity index (χ1n) is 3.52. The van der Waals surface area contributed by atoms with E-state index in [0.29, 0.717) is 0 Å². The highest BCUT2D eigenvalue weighted by atomic mass is 16.6. The monoisotopic (exact) mass is 171 g/mol. The van der Waals surface area contributed by atoms with Crippen LogP contribution < -0.4 is 5.73 Å². The fraction of sp³-hybridized carbons (Fsp3) is 0.500. The Morgan fingerprint density at radius 1 is 1.25 bits per heavy atom. The predicted molar refractivity (Wildman–Crippen MR) is 44.2 cm³/mol. The van der Waals surface area contributed by atoms with Crippen LogP contribution >= 0.6 is 0 Å². The fourth-order valence-electron chi connectivity index (χ4n) is 0.486. The summed E-state index contributed by atoms with van der Waals surface area (Å²) in [4.78, 5) is 21.0. The highest BCUT2D eigenvalue weighted by molar-refractivity contribution is 5.93. The van der Waals surface area contributed by atoms with Gasteiger partial charge in [-0.3, -0.25) is 4.79 Å². The molecule has 0 heterocycles. The number of hydrogen-bond donors (Lipinski definition) is 1. The molecule has 2 N–H and O–H groups in total. The minimum atomic E-state index is -0.666. The summed E-state index contributed by atoms with van der Waals surface area (Å²) >= 11 is 0.